The van der Waals surface area contributed by atoms with Crippen molar-refractivity contribution in [3.63, 3.8) is 0 Å². The smallest absolute Gasteiger partial charge is 0.303 e. The number of ketones is 1. The van der Waals surface area contributed by atoms with Crippen LogP contribution >= 0.6 is 0 Å². The number of aliphatic carboxylic acids is 2. The largest absolute Gasteiger partial charge is 0.504 e. The van der Waals surface area contributed by atoms with E-state index >= 15 is 0 Å². The minimum atomic E-state index is -1.08. The monoisotopic (exact) mass is 445 g/mol. The van der Waals surface area contributed by atoms with Crippen molar-refractivity contribution in [1.82, 2.24) is 4.90 Å². The Balaban J connectivity index is 0.000000265. The number of aromatic hydroxyl groups is 1. The van der Waals surface area contributed by atoms with Gasteiger partial charge in [-0.1, -0.05) is 12.1 Å². The van der Waals surface area contributed by atoms with Gasteiger partial charge in [0.15, 0.2) is 23.4 Å². The molecule has 32 heavy (non-hydrogen) atoms. The number of piperidine rings is 1. The summed E-state index contributed by atoms with van der Waals surface area (Å²) in [5.41, 5.74) is 0.256. The zero-order chi connectivity index (χ0) is 23.3. The van der Waals surface area contributed by atoms with Crippen LogP contribution in [0.2, 0.25) is 0 Å². The highest BCUT2D eigenvalue weighted by Crippen LogP contribution is 2.64. The second-order valence-electron chi connectivity index (χ2n) is 8.85. The Morgan fingerprint density at radius 2 is 1.91 bits per heavy atom. The van der Waals surface area contributed by atoms with Crippen molar-refractivity contribution in [2.24, 2.45) is 0 Å². The topological polar surface area (TPSA) is 145 Å². The Labute approximate surface area is 184 Å². The molecular weight excluding hydrogens is 418 g/mol. The van der Waals surface area contributed by atoms with Gasteiger partial charge in [-0.15, -0.1) is 6.58 Å². The van der Waals surface area contributed by atoms with Crippen LogP contribution in [-0.4, -0.2) is 73.9 Å². The third kappa shape index (κ3) is 3.10. The third-order valence-electron chi connectivity index (χ3n) is 7.29. The lowest BCUT2D eigenvalue weighted by Crippen LogP contribution is -2.76. The molecule has 1 aromatic carbocycles. The van der Waals surface area contributed by atoms with E-state index in [0.29, 0.717) is 31.4 Å². The lowest BCUT2D eigenvalue weighted by atomic mass is 9.49. The summed E-state index contributed by atoms with van der Waals surface area (Å²) in [7, 11) is 0. The van der Waals surface area contributed by atoms with Crippen LogP contribution in [-0.2, 0) is 26.2 Å². The predicted molar refractivity (Wildman–Crippen MR) is 112 cm³/mol. The number of phenolic OH excluding ortho intramolecular Hbond substituents is 1. The zero-order valence-electron chi connectivity index (χ0n) is 17.6. The van der Waals surface area contributed by atoms with Crippen LogP contribution in [0.1, 0.15) is 43.2 Å². The van der Waals surface area contributed by atoms with Gasteiger partial charge in [0.1, 0.15) is 0 Å². The molecule has 5 rings (SSSR count). The quantitative estimate of drug-likeness (QED) is 0.492. The Bertz CT molecular complexity index is 976. The number of carboxylic acid groups (broad SMARTS) is 2. The van der Waals surface area contributed by atoms with Crippen LogP contribution in [0.3, 0.4) is 0 Å². The molecule has 2 fully saturated rings. The van der Waals surface area contributed by atoms with Gasteiger partial charge in [0.05, 0.1) is 23.9 Å². The number of carbonyl (C=O) groups excluding carboxylic acids is 1. The first-order chi connectivity index (χ1) is 15.2. The number of likely N-dealkylation sites (tertiary alicyclic amines) is 1. The molecule has 4 aliphatic rings. The summed E-state index contributed by atoms with van der Waals surface area (Å²) < 4.78 is 5.98. The van der Waals surface area contributed by atoms with E-state index in [-0.39, 0.29) is 30.4 Å². The number of nitrogens with zero attached hydrogens (tertiary/aromatic N) is 1. The van der Waals surface area contributed by atoms with Gasteiger partial charge in [0, 0.05) is 31.1 Å². The van der Waals surface area contributed by atoms with Crippen molar-refractivity contribution in [2.75, 3.05) is 13.1 Å². The van der Waals surface area contributed by atoms with Gasteiger partial charge in [0.2, 0.25) is 0 Å². The lowest BCUT2D eigenvalue weighted by Gasteiger charge is -2.62. The van der Waals surface area contributed by atoms with Gasteiger partial charge in [-0.25, -0.2) is 0 Å². The molecule has 4 N–H and O–H groups in total. The summed E-state index contributed by atoms with van der Waals surface area (Å²) in [4.78, 5) is 34.2. The van der Waals surface area contributed by atoms with Gasteiger partial charge >= 0.3 is 11.9 Å². The number of benzene rings is 1. The standard InChI is InChI=1S/C19H21NO4.C4H6O4/c1-2-8-20-9-7-18-15-11-3-4-12(21)16(15)24-17(18)13(22)5-6-19(18,23)14(20)10-11;5-3(6)1-2-4(7)8/h2-4,14,17,21,23H,1,5-10H2;1-2H2,(H,5,6)(H,7,8)/t14-,17+,18+,19-;/m1./s1. The number of hydrogen-bond acceptors (Lipinski definition) is 7. The summed E-state index contributed by atoms with van der Waals surface area (Å²) >= 11 is 0. The van der Waals surface area contributed by atoms with E-state index in [1.54, 1.807) is 6.07 Å². The van der Waals surface area contributed by atoms with Gasteiger partial charge in [-0.2, -0.15) is 0 Å². The van der Waals surface area contributed by atoms with Crippen LogP contribution in [0.25, 0.3) is 0 Å². The van der Waals surface area contributed by atoms with Gasteiger partial charge in [-0.05, 0) is 30.9 Å². The first kappa shape index (κ1) is 22.3. The summed E-state index contributed by atoms with van der Waals surface area (Å²) in [5.74, 6) is -1.62. The van der Waals surface area contributed by atoms with E-state index in [9.17, 15) is 24.6 Å². The van der Waals surface area contributed by atoms with E-state index in [1.807, 2.05) is 12.1 Å². The lowest BCUT2D eigenvalue weighted by molar-refractivity contribution is -0.187. The van der Waals surface area contributed by atoms with E-state index in [4.69, 9.17) is 14.9 Å². The van der Waals surface area contributed by atoms with Crippen LogP contribution < -0.4 is 4.74 Å². The number of Topliss-reactive ketones (excluding diaryl/α,β-unsaturated/α-hetero) is 1. The summed E-state index contributed by atoms with van der Waals surface area (Å²) in [6.45, 7) is 5.36. The highest BCUT2D eigenvalue weighted by atomic mass is 16.5. The molecule has 1 spiro atoms. The molecule has 1 saturated heterocycles. The van der Waals surface area contributed by atoms with Crippen molar-refractivity contribution < 1.29 is 39.5 Å². The van der Waals surface area contributed by atoms with Crippen molar-refractivity contribution in [3.8, 4) is 11.5 Å². The number of aliphatic hydroxyl groups is 1. The fraction of sp³-hybridized carbons (Fsp3) is 0.522. The number of phenols is 1. The average Bonchev–Trinajstić information content (AvgIpc) is 3.09. The highest BCUT2D eigenvalue weighted by molar-refractivity contribution is 5.90. The first-order valence-electron chi connectivity index (χ1n) is 10.7. The molecule has 2 aliphatic carbocycles. The fourth-order valence-electron chi connectivity index (χ4n) is 6.01. The molecule has 0 unspecified atom stereocenters. The Morgan fingerprint density at radius 1 is 1.22 bits per heavy atom. The molecule has 9 heteroatoms. The zero-order valence-corrected chi connectivity index (χ0v) is 17.6. The molecule has 1 saturated carbocycles. The number of carboxylic acids is 2. The maximum absolute atomic E-state index is 12.6. The molecule has 2 heterocycles. The Morgan fingerprint density at radius 3 is 2.53 bits per heavy atom. The summed E-state index contributed by atoms with van der Waals surface area (Å²) in [6.07, 6.45) is 2.75. The van der Waals surface area contributed by atoms with E-state index < -0.39 is 29.1 Å². The highest BCUT2D eigenvalue weighted by Gasteiger charge is 2.73. The predicted octanol–water partition coefficient (Wildman–Crippen LogP) is 1.24. The molecule has 0 radical (unpaired) electrons. The van der Waals surface area contributed by atoms with Crippen LogP contribution in [0, 0.1) is 0 Å². The average molecular weight is 445 g/mol. The van der Waals surface area contributed by atoms with Gasteiger partial charge in [0.25, 0.3) is 0 Å². The molecule has 2 bridgehead atoms. The third-order valence-corrected chi connectivity index (χ3v) is 7.29. The molecule has 1 aromatic rings. The van der Waals surface area contributed by atoms with Crippen LogP contribution in [0.5, 0.6) is 11.5 Å². The molecule has 2 aliphatic heterocycles. The van der Waals surface area contributed by atoms with Crippen molar-refractivity contribution in [2.45, 2.75) is 61.7 Å². The molecule has 0 amide bonds. The van der Waals surface area contributed by atoms with Crippen LogP contribution in [0.15, 0.2) is 24.8 Å². The molecule has 172 valence electrons. The van der Waals surface area contributed by atoms with Crippen molar-refractivity contribution in [3.05, 3.63) is 35.9 Å². The Kier molecular flexibility index (Phi) is 5.50. The normalized spacial score (nSPS) is 31.6. The minimum Gasteiger partial charge on any atom is -0.504 e. The molecular formula is C23H27NO8. The molecule has 4 atom stereocenters. The Hall–Kier alpha value is -2.91. The van der Waals surface area contributed by atoms with E-state index in [1.165, 1.54) is 0 Å². The SMILES string of the molecule is C=CCN1CC[C@]23c4c5ccc(O)c4O[C@H]2C(=O)CC[C@@]3(O)[C@H]1C5.O=C(O)CCC(=O)O. The fourth-order valence-corrected chi connectivity index (χ4v) is 6.01. The van der Waals surface area contributed by atoms with Crippen LogP contribution in [0.4, 0.5) is 0 Å². The summed E-state index contributed by atoms with van der Waals surface area (Å²) in [5, 5.41) is 37.9. The number of hydrogen-bond donors (Lipinski definition) is 4. The maximum Gasteiger partial charge on any atom is 0.303 e. The van der Waals surface area contributed by atoms with E-state index in [0.717, 1.165) is 24.2 Å². The number of carbonyl (C=O) groups is 3. The minimum absolute atomic E-state index is 0.0408. The van der Waals surface area contributed by atoms with Crippen molar-refractivity contribution in [1.29, 1.82) is 0 Å². The first-order valence-corrected chi connectivity index (χ1v) is 10.7. The maximum atomic E-state index is 12.6. The second kappa shape index (κ2) is 7.90. The molecule has 9 nitrogen and oxygen atoms in total. The number of ether oxygens (including phenoxy) is 1. The van der Waals surface area contributed by atoms with E-state index in [2.05, 4.69) is 11.5 Å². The summed E-state index contributed by atoms with van der Waals surface area (Å²) in [6, 6.07) is 3.52. The molecule has 0 aromatic heterocycles. The number of rotatable bonds is 5. The van der Waals surface area contributed by atoms with Crippen molar-refractivity contribution >= 4 is 17.7 Å². The van der Waals surface area contributed by atoms with Gasteiger partial charge in [-0.3, -0.25) is 19.3 Å². The van der Waals surface area contributed by atoms with Gasteiger partial charge < -0.3 is 25.2 Å². The second-order valence-corrected chi connectivity index (χ2v) is 8.85.